The number of furan rings is 1. The molecule has 0 atom stereocenters. The maximum absolute atomic E-state index is 12.4. The third kappa shape index (κ3) is 7.84. The van der Waals surface area contributed by atoms with E-state index in [4.69, 9.17) is 9.41 Å². The van der Waals surface area contributed by atoms with E-state index in [-0.39, 0.29) is 29.9 Å². The standard InChI is InChI=1S/C23H33N5O2.HI/c1-3-24-23(25-12-8-13-26(2)19-20-9-5-4-6-10-20)28-16-14-27(15-17-28)22(29)21-11-7-18-30-21;/h4-7,9-11,18H,3,8,12-17,19H2,1-2H3,(H,24,25);1H. The summed E-state index contributed by atoms with van der Waals surface area (Å²) in [4.78, 5) is 23.7. The molecule has 2 heterocycles. The van der Waals surface area contributed by atoms with E-state index in [0.717, 1.165) is 51.6 Å². The van der Waals surface area contributed by atoms with Crippen LogP contribution in [0, 0.1) is 0 Å². The van der Waals surface area contributed by atoms with Gasteiger partial charge in [0.25, 0.3) is 5.91 Å². The Kier molecular flexibility index (Phi) is 10.9. The van der Waals surface area contributed by atoms with Crippen LogP contribution in [0.1, 0.15) is 29.5 Å². The molecular formula is C23H34IN5O2. The molecule has 1 fully saturated rings. The van der Waals surface area contributed by atoms with Crippen molar-refractivity contribution in [1.82, 2.24) is 20.0 Å². The minimum Gasteiger partial charge on any atom is -0.459 e. The number of piperazine rings is 1. The summed E-state index contributed by atoms with van der Waals surface area (Å²) >= 11 is 0. The highest BCUT2D eigenvalue weighted by Gasteiger charge is 2.25. The Morgan fingerprint density at radius 3 is 2.45 bits per heavy atom. The van der Waals surface area contributed by atoms with Crippen LogP contribution in [-0.2, 0) is 6.54 Å². The summed E-state index contributed by atoms with van der Waals surface area (Å²) in [6.07, 6.45) is 2.55. The second kappa shape index (κ2) is 13.4. The van der Waals surface area contributed by atoms with Gasteiger partial charge in [0.05, 0.1) is 6.26 Å². The molecule has 0 aliphatic carbocycles. The van der Waals surface area contributed by atoms with Gasteiger partial charge in [-0.15, -0.1) is 24.0 Å². The fourth-order valence-electron chi connectivity index (χ4n) is 3.60. The number of nitrogens with one attached hydrogen (secondary N) is 1. The molecule has 1 aliphatic rings. The number of hydrogen-bond donors (Lipinski definition) is 1. The first-order valence-electron chi connectivity index (χ1n) is 10.8. The number of rotatable bonds is 8. The number of halogens is 1. The normalized spacial score (nSPS) is 14.5. The molecule has 0 radical (unpaired) electrons. The Labute approximate surface area is 202 Å². The summed E-state index contributed by atoms with van der Waals surface area (Å²) in [5, 5.41) is 3.39. The molecule has 0 unspecified atom stereocenters. The van der Waals surface area contributed by atoms with E-state index in [2.05, 4.69) is 53.4 Å². The van der Waals surface area contributed by atoms with Crippen molar-refractivity contribution in [3.63, 3.8) is 0 Å². The summed E-state index contributed by atoms with van der Waals surface area (Å²) in [7, 11) is 2.15. The molecule has 2 aromatic rings. The summed E-state index contributed by atoms with van der Waals surface area (Å²) in [6, 6.07) is 14.0. The van der Waals surface area contributed by atoms with Gasteiger partial charge in [-0.25, -0.2) is 0 Å². The predicted octanol–water partition coefficient (Wildman–Crippen LogP) is 3.14. The first-order chi connectivity index (χ1) is 14.7. The topological polar surface area (TPSA) is 64.3 Å². The van der Waals surface area contributed by atoms with Crippen LogP contribution in [0.25, 0.3) is 0 Å². The SMILES string of the molecule is CCNC(=NCCCN(C)Cc1ccccc1)N1CCN(C(=O)c2ccco2)CC1.I. The van der Waals surface area contributed by atoms with Gasteiger partial charge in [0.1, 0.15) is 0 Å². The van der Waals surface area contributed by atoms with E-state index in [1.54, 1.807) is 12.1 Å². The molecule has 170 valence electrons. The van der Waals surface area contributed by atoms with Crippen molar-refractivity contribution in [3.05, 3.63) is 60.1 Å². The van der Waals surface area contributed by atoms with Crippen molar-refractivity contribution in [3.8, 4) is 0 Å². The van der Waals surface area contributed by atoms with Crippen molar-refractivity contribution < 1.29 is 9.21 Å². The molecule has 8 heteroatoms. The zero-order valence-corrected chi connectivity index (χ0v) is 20.8. The number of benzene rings is 1. The van der Waals surface area contributed by atoms with Crippen LogP contribution in [0.5, 0.6) is 0 Å². The maximum Gasteiger partial charge on any atom is 0.289 e. The summed E-state index contributed by atoms with van der Waals surface area (Å²) in [6.45, 7) is 8.54. The fourth-order valence-corrected chi connectivity index (χ4v) is 3.60. The van der Waals surface area contributed by atoms with Crippen LogP contribution in [-0.4, -0.2) is 79.4 Å². The van der Waals surface area contributed by atoms with Gasteiger partial charge in [0, 0.05) is 45.8 Å². The molecule has 1 amide bonds. The van der Waals surface area contributed by atoms with Gasteiger partial charge in [-0.05, 0) is 44.6 Å². The summed E-state index contributed by atoms with van der Waals surface area (Å²) < 4.78 is 5.24. The Morgan fingerprint density at radius 2 is 1.81 bits per heavy atom. The lowest BCUT2D eigenvalue weighted by Crippen LogP contribution is -2.53. The lowest BCUT2D eigenvalue weighted by atomic mass is 10.2. The van der Waals surface area contributed by atoms with E-state index < -0.39 is 0 Å². The fraction of sp³-hybridized carbons (Fsp3) is 0.478. The third-order valence-corrected chi connectivity index (χ3v) is 5.19. The molecule has 7 nitrogen and oxygen atoms in total. The average molecular weight is 539 g/mol. The van der Waals surface area contributed by atoms with E-state index in [1.165, 1.54) is 11.8 Å². The van der Waals surface area contributed by atoms with Gasteiger partial charge in [-0.1, -0.05) is 30.3 Å². The van der Waals surface area contributed by atoms with Crippen LogP contribution < -0.4 is 5.32 Å². The molecule has 1 N–H and O–H groups in total. The van der Waals surface area contributed by atoms with E-state index in [0.29, 0.717) is 18.8 Å². The number of hydrogen-bond acceptors (Lipinski definition) is 4. The van der Waals surface area contributed by atoms with Gasteiger partial charge in [-0.2, -0.15) is 0 Å². The quantitative estimate of drug-likeness (QED) is 0.242. The van der Waals surface area contributed by atoms with Gasteiger partial charge in [-0.3, -0.25) is 9.79 Å². The van der Waals surface area contributed by atoms with Crippen molar-refractivity contribution in [2.24, 2.45) is 4.99 Å². The minimum atomic E-state index is -0.0388. The highest BCUT2D eigenvalue weighted by atomic mass is 127. The zero-order chi connectivity index (χ0) is 21.2. The van der Waals surface area contributed by atoms with E-state index >= 15 is 0 Å². The highest BCUT2D eigenvalue weighted by molar-refractivity contribution is 14.0. The number of carbonyl (C=O) groups excluding carboxylic acids is 1. The molecule has 31 heavy (non-hydrogen) atoms. The van der Waals surface area contributed by atoms with E-state index in [1.807, 2.05) is 11.0 Å². The average Bonchev–Trinajstić information content (AvgIpc) is 3.31. The van der Waals surface area contributed by atoms with Crippen molar-refractivity contribution in [2.75, 3.05) is 52.9 Å². The summed E-state index contributed by atoms with van der Waals surface area (Å²) in [5.74, 6) is 1.31. The maximum atomic E-state index is 12.4. The van der Waals surface area contributed by atoms with Crippen LogP contribution in [0.4, 0.5) is 0 Å². The number of aliphatic imine (C=N–C) groups is 1. The molecule has 1 aromatic carbocycles. The minimum absolute atomic E-state index is 0. The molecule has 0 bridgehead atoms. The smallest absolute Gasteiger partial charge is 0.289 e. The Balaban J connectivity index is 0.00000341. The third-order valence-electron chi connectivity index (χ3n) is 5.19. The number of nitrogens with zero attached hydrogens (tertiary/aromatic N) is 4. The number of guanidine groups is 1. The monoisotopic (exact) mass is 539 g/mol. The van der Waals surface area contributed by atoms with Crippen LogP contribution in [0.3, 0.4) is 0 Å². The molecule has 1 aliphatic heterocycles. The van der Waals surface area contributed by atoms with Gasteiger partial charge >= 0.3 is 0 Å². The second-order valence-electron chi connectivity index (χ2n) is 7.57. The van der Waals surface area contributed by atoms with Crippen LogP contribution >= 0.6 is 24.0 Å². The lowest BCUT2D eigenvalue weighted by Gasteiger charge is -2.36. The van der Waals surface area contributed by atoms with Gasteiger partial charge in [0.15, 0.2) is 11.7 Å². The Hall–Kier alpha value is -2.07. The lowest BCUT2D eigenvalue weighted by molar-refractivity contribution is 0.0657. The largest absolute Gasteiger partial charge is 0.459 e. The molecule has 1 aromatic heterocycles. The van der Waals surface area contributed by atoms with Crippen molar-refractivity contribution in [2.45, 2.75) is 19.9 Å². The molecule has 0 spiro atoms. The Bertz CT molecular complexity index is 790. The second-order valence-corrected chi connectivity index (χ2v) is 7.57. The van der Waals surface area contributed by atoms with Crippen LogP contribution in [0.15, 0.2) is 58.1 Å². The zero-order valence-electron chi connectivity index (χ0n) is 18.5. The Morgan fingerprint density at radius 1 is 1.10 bits per heavy atom. The van der Waals surface area contributed by atoms with Crippen LogP contribution in [0.2, 0.25) is 0 Å². The first-order valence-corrected chi connectivity index (χ1v) is 10.8. The molecule has 0 saturated carbocycles. The van der Waals surface area contributed by atoms with Crippen molar-refractivity contribution >= 4 is 35.8 Å². The van der Waals surface area contributed by atoms with E-state index in [9.17, 15) is 4.79 Å². The number of carbonyl (C=O) groups is 1. The molecule has 3 rings (SSSR count). The molecular weight excluding hydrogens is 505 g/mol. The van der Waals surface area contributed by atoms with Gasteiger partial charge < -0.3 is 24.4 Å². The first kappa shape index (κ1) is 25.2. The highest BCUT2D eigenvalue weighted by Crippen LogP contribution is 2.10. The predicted molar refractivity (Wildman–Crippen MR) is 135 cm³/mol. The summed E-state index contributed by atoms with van der Waals surface area (Å²) in [5.41, 5.74) is 1.33. The van der Waals surface area contributed by atoms with Gasteiger partial charge in [0.2, 0.25) is 0 Å². The van der Waals surface area contributed by atoms with Crippen molar-refractivity contribution in [1.29, 1.82) is 0 Å². The number of amides is 1. The molecule has 1 saturated heterocycles.